The number of fused-ring (bicyclic) bond motifs is 8. The minimum Gasteiger partial charge on any atom is -0.456 e. The Labute approximate surface area is 298 Å². The lowest BCUT2D eigenvalue weighted by Gasteiger charge is -2.30. The molecule has 0 saturated carbocycles. The quantitative estimate of drug-likeness (QED) is 0.183. The molecule has 0 saturated heterocycles. The first-order chi connectivity index (χ1) is 25.1. The summed E-state index contributed by atoms with van der Waals surface area (Å²) in [7, 11) is 0. The van der Waals surface area contributed by atoms with Gasteiger partial charge in [0.15, 0.2) is 0 Å². The number of rotatable bonds is 5. The summed E-state index contributed by atoms with van der Waals surface area (Å²) in [5, 5.41) is 2.35. The molecule has 0 unspecified atom stereocenters. The molecule has 0 atom stereocenters. The average Bonchev–Trinajstić information content (AvgIpc) is 3.68. The van der Waals surface area contributed by atoms with Gasteiger partial charge >= 0.3 is 0 Å². The highest BCUT2D eigenvalue weighted by molar-refractivity contribution is 6.15. The van der Waals surface area contributed by atoms with Crippen molar-refractivity contribution in [3.63, 3.8) is 0 Å². The zero-order valence-electron chi connectivity index (χ0n) is 28.9. The number of allylic oxidation sites excluding steroid dienone is 1. The second-order valence-corrected chi connectivity index (χ2v) is 14.4. The van der Waals surface area contributed by atoms with Crippen molar-refractivity contribution in [2.75, 3.05) is 4.90 Å². The monoisotopic (exact) mass is 655 g/mol. The van der Waals surface area contributed by atoms with Crippen LogP contribution in [0.1, 0.15) is 42.5 Å². The van der Waals surface area contributed by atoms with Crippen molar-refractivity contribution < 1.29 is 4.42 Å². The Morgan fingerprint density at radius 2 is 1.27 bits per heavy atom. The highest BCUT2D eigenvalue weighted by atomic mass is 16.3. The fourth-order valence-electron chi connectivity index (χ4n) is 8.63. The van der Waals surface area contributed by atoms with E-state index >= 15 is 0 Å². The Kier molecular flexibility index (Phi) is 6.69. The molecule has 7 aromatic carbocycles. The Morgan fingerprint density at radius 1 is 0.569 bits per heavy atom. The lowest BCUT2D eigenvalue weighted by molar-refractivity contribution is 0.660. The molecule has 2 aliphatic carbocycles. The van der Waals surface area contributed by atoms with E-state index in [0.717, 1.165) is 41.1 Å². The van der Waals surface area contributed by atoms with Crippen LogP contribution in [0.25, 0.3) is 61.4 Å². The predicted molar refractivity (Wildman–Crippen MR) is 214 cm³/mol. The first-order valence-electron chi connectivity index (χ1n) is 18.0. The van der Waals surface area contributed by atoms with Gasteiger partial charge in [0.2, 0.25) is 0 Å². The van der Waals surface area contributed by atoms with E-state index in [4.69, 9.17) is 4.42 Å². The minimum atomic E-state index is -0.111. The molecular formula is C49H37NO. The zero-order valence-corrected chi connectivity index (χ0v) is 28.9. The molecule has 0 aliphatic heterocycles. The molecule has 0 radical (unpaired) electrons. The highest BCUT2D eigenvalue weighted by Gasteiger charge is 2.36. The summed E-state index contributed by atoms with van der Waals surface area (Å²) in [5.41, 5.74) is 17.9. The van der Waals surface area contributed by atoms with Gasteiger partial charge in [-0.25, -0.2) is 0 Å². The number of anilines is 3. The van der Waals surface area contributed by atoms with E-state index in [2.05, 4.69) is 183 Å². The zero-order chi connectivity index (χ0) is 34.1. The van der Waals surface area contributed by atoms with Crippen LogP contribution in [0.4, 0.5) is 17.1 Å². The summed E-state index contributed by atoms with van der Waals surface area (Å²) in [6.07, 6.45) is 6.54. The van der Waals surface area contributed by atoms with Gasteiger partial charge in [0.05, 0.1) is 5.69 Å². The molecule has 1 aromatic heterocycles. The number of aryl methyl sites for hydroxylation is 1. The van der Waals surface area contributed by atoms with Crippen LogP contribution >= 0.6 is 0 Å². The first-order valence-corrected chi connectivity index (χ1v) is 18.0. The molecule has 51 heavy (non-hydrogen) atoms. The number of para-hydroxylation sites is 1. The molecule has 0 fully saturated rings. The molecular weight excluding hydrogens is 619 g/mol. The van der Waals surface area contributed by atoms with Gasteiger partial charge in [-0.3, -0.25) is 0 Å². The van der Waals surface area contributed by atoms with Crippen molar-refractivity contribution in [1.82, 2.24) is 0 Å². The smallest absolute Gasteiger partial charge is 0.139 e. The SMILES string of the molecule is CC1(C)c2ccccc2-c2ccc(N(c3ccc(-c4ccccc4)cc3)c3ccccc3-c3cccc4oc5c6c(ccc5c34)C=CCC6)cc21. The molecule has 0 spiro atoms. The molecule has 2 heteroatoms. The minimum absolute atomic E-state index is 0.111. The maximum Gasteiger partial charge on any atom is 0.139 e. The predicted octanol–water partition coefficient (Wildman–Crippen LogP) is 13.7. The number of benzene rings is 7. The van der Waals surface area contributed by atoms with Gasteiger partial charge < -0.3 is 9.32 Å². The fourth-order valence-corrected chi connectivity index (χ4v) is 8.63. The van der Waals surface area contributed by atoms with Crippen molar-refractivity contribution in [2.45, 2.75) is 32.1 Å². The molecule has 0 N–H and O–H groups in total. The van der Waals surface area contributed by atoms with Crippen molar-refractivity contribution in [2.24, 2.45) is 0 Å². The van der Waals surface area contributed by atoms with Crippen LogP contribution in [0, 0.1) is 0 Å². The fraction of sp³-hybridized carbons (Fsp3) is 0.102. The van der Waals surface area contributed by atoms with Gasteiger partial charge in [-0.2, -0.15) is 0 Å². The van der Waals surface area contributed by atoms with E-state index in [1.807, 2.05) is 0 Å². The summed E-state index contributed by atoms with van der Waals surface area (Å²) in [4.78, 5) is 2.44. The van der Waals surface area contributed by atoms with Crippen molar-refractivity contribution in [3.05, 3.63) is 180 Å². The topological polar surface area (TPSA) is 16.4 Å². The van der Waals surface area contributed by atoms with Gasteiger partial charge in [0.25, 0.3) is 0 Å². The summed E-state index contributed by atoms with van der Waals surface area (Å²) in [6, 6.07) is 55.4. The van der Waals surface area contributed by atoms with Crippen LogP contribution in [0.2, 0.25) is 0 Å². The molecule has 2 aliphatic rings. The maximum absolute atomic E-state index is 6.69. The largest absolute Gasteiger partial charge is 0.456 e. The molecule has 8 aromatic rings. The maximum atomic E-state index is 6.69. The highest BCUT2D eigenvalue weighted by Crippen LogP contribution is 2.52. The van der Waals surface area contributed by atoms with Gasteiger partial charge in [0.1, 0.15) is 11.2 Å². The summed E-state index contributed by atoms with van der Waals surface area (Å²) in [6.45, 7) is 4.71. The van der Waals surface area contributed by atoms with Crippen LogP contribution in [0.5, 0.6) is 0 Å². The van der Waals surface area contributed by atoms with Gasteiger partial charge in [-0.05, 0) is 99.8 Å². The number of hydrogen-bond acceptors (Lipinski definition) is 2. The standard InChI is InChI=1S/C49H37NO/c1-49(2)43-20-10-8-17-38(43)39-30-28-36(31-44(39)49)50(35-26-23-33(24-27-35)32-13-4-3-5-14-32)45-21-11-9-18-40(45)41-19-12-22-46-47(41)42-29-25-34-15-6-7-16-37(34)48(42)51-46/h3-6,8-15,17-31H,7,16H2,1-2H3. The normalized spacial score (nSPS) is 14.0. The Morgan fingerprint density at radius 3 is 2.14 bits per heavy atom. The van der Waals surface area contributed by atoms with Crippen LogP contribution < -0.4 is 4.90 Å². The second-order valence-electron chi connectivity index (χ2n) is 14.4. The second kappa shape index (κ2) is 11.5. The van der Waals surface area contributed by atoms with Gasteiger partial charge in [0, 0.05) is 38.7 Å². The first kappa shape index (κ1) is 29.8. The van der Waals surface area contributed by atoms with E-state index in [1.54, 1.807) is 0 Å². The van der Waals surface area contributed by atoms with E-state index < -0.39 is 0 Å². The molecule has 2 nitrogen and oxygen atoms in total. The van der Waals surface area contributed by atoms with Crippen LogP contribution in [-0.2, 0) is 11.8 Å². The lowest BCUT2D eigenvalue weighted by Crippen LogP contribution is -2.16. The molecule has 10 rings (SSSR count). The van der Waals surface area contributed by atoms with E-state index in [0.29, 0.717) is 0 Å². The van der Waals surface area contributed by atoms with Crippen molar-refractivity contribution in [3.8, 4) is 33.4 Å². The van der Waals surface area contributed by atoms with E-state index in [9.17, 15) is 0 Å². The Balaban J connectivity index is 1.19. The molecule has 0 bridgehead atoms. The van der Waals surface area contributed by atoms with Crippen molar-refractivity contribution >= 4 is 45.1 Å². The van der Waals surface area contributed by atoms with Crippen LogP contribution in [0.3, 0.4) is 0 Å². The van der Waals surface area contributed by atoms with Crippen LogP contribution in [-0.4, -0.2) is 0 Å². The molecule has 1 heterocycles. The number of nitrogens with zero attached hydrogens (tertiary/aromatic N) is 1. The van der Waals surface area contributed by atoms with Crippen molar-refractivity contribution in [1.29, 1.82) is 0 Å². The third-order valence-electron chi connectivity index (χ3n) is 11.2. The third kappa shape index (κ3) is 4.63. The number of hydrogen-bond donors (Lipinski definition) is 0. The third-order valence-corrected chi connectivity index (χ3v) is 11.2. The van der Waals surface area contributed by atoms with Crippen LogP contribution in [0.15, 0.2) is 162 Å². The average molecular weight is 656 g/mol. The summed E-state index contributed by atoms with van der Waals surface area (Å²) >= 11 is 0. The number of furan rings is 1. The molecule has 0 amide bonds. The van der Waals surface area contributed by atoms with Gasteiger partial charge in [-0.15, -0.1) is 0 Å². The Hall–Kier alpha value is -6.12. The molecule has 244 valence electrons. The van der Waals surface area contributed by atoms with E-state index in [1.165, 1.54) is 66.4 Å². The van der Waals surface area contributed by atoms with E-state index in [-0.39, 0.29) is 5.41 Å². The summed E-state index contributed by atoms with van der Waals surface area (Å²) < 4.78 is 6.69. The summed E-state index contributed by atoms with van der Waals surface area (Å²) in [5.74, 6) is 0. The van der Waals surface area contributed by atoms with Gasteiger partial charge in [-0.1, -0.05) is 135 Å². The Bertz CT molecular complexity index is 2660. The lowest BCUT2D eigenvalue weighted by atomic mass is 9.82.